The molecule has 1 aliphatic carbocycles. The van der Waals surface area contributed by atoms with E-state index in [4.69, 9.17) is 11.6 Å². The van der Waals surface area contributed by atoms with Crippen LogP contribution < -0.4 is 21.3 Å². The molecule has 26 heavy (non-hydrogen) atoms. The molecule has 0 bridgehead atoms. The lowest BCUT2D eigenvalue weighted by Crippen LogP contribution is -2.43. The summed E-state index contributed by atoms with van der Waals surface area (Å²) in [5.74, 6) is -0.256. The maximum absolute atomic E-state index is 12.2. The average Bonchev–Trinajstić information content (AvgIpc) is 2.51. The predicted molar refractivity (Wildman–Crippen MR) is 104 cm³/mol. The van der Waals surface area contributed by atoms with Crippen LogP contribution >= 0.6 is 11.6 Å². The minimum Gasteiger partial charge on any atom is -0.504 e. The van der Waals surface area contributed by atoms with E-state index in [0.29, 0.717) is 5.69 Å². The summed E-state index contributed by atoms with van der Waals surface area (Å²) in [5, 5.41) is 21.0. The lowest BCUT2D eigenvalue weighted by molar-refractivity contribution is 0.243. The normalized spacial score (nSPS) is 15.2. The van der Waals surface area contributed by atoms with Gasteiger partial charge in [0.1, 0.15) is 0 Å². The van der Waals surface area contributed by atoms with Gasteiger partial charge < -0.3 is 26.4 Å². The van der Waals surface area contributed by atoms with Gasteiger partial charge in [0.25, 0.3) is 0 Å². The Kier molecular flexibility index (Phi) is 6.58. The molecule has 0 atom stereocenters. The Hall–Kier alpha value is -2.15. The molecule has 0 saturated heterocycles. The Morgan fingerprint density at radius 1 is 1.08 bits per heavy atom. The maximum Gasteiger partial charge on any atom is 0.319 e. The quantitative estimate of drug-likeness (QED) is 0.395. The lowest BCUT2D eigenvalue weighted by Gasteiger charge is -2.23. The summed E-state index contributed by atoms with van der Waals surface area (Å²) in [6.07, 6.45) is 5.39. The van der Waals surface area contributed by atoms with Crippen LogP contribution in [0.4, 0.5) is 21.0 Å². The van der Waals surface area contributed by atoms with E-state index in [2.05, 4.69) is 21.3 Å². The molecule has 1 saturated carbocycles. The molecule has 1 fully saturated rings. The van der Waals surface area contributed by atoms with Crippen molar-refractivity contribution in [3.05, 3.63) is 17.2 Å². The van der Waals surface area contributed by atoms with Gasteiger partial charge in [-0.25, -0.2) is 9.59 Å². The number of amides is 4. The summed E-state index contributed by atoms with van der Waals surface area (Å²) < 4.78 is 0. The molecule has 1 aromatic rings. The Labute approximate surface area is 158 Å². The monoisotopic (exact) mass is 382 g/mol. The van der Waals surface area contributed by atoms with Gasteiger partial charge in [0, 0.05) is 17.3 Å². The van der Waals surface area contributed by atoms with Gasteiger partial charge in [0.05, 0.1) is 10.7 Å². The molecule has 0 spiro atoms. The van der Waals surface area contributed by atoms with Gasteiger partial charge >= 0.3 is 12.1 Å². The zero-order chi connectivity index (χ0) is 19.3. The SMILES string of the molecule is CC(C)(C)NC(=O)Nc1cc(NC(=O)NC2CCCCC2)cc(Cl)c1O. The molecule has 1 aromatic carbocycles. The van der Waals surface area contributed by atoms with E-state index in [1.807, 2.05) is 20.8 Å². The van der Waals surface area contributed by atoms with Crippen molar-refractivity contribution < 1.29 is 14.7 Å². The van der Waals surface area contributed by atoms with Crippen molar-refractivity contribution in [2.75, 3.05) is 10.6 Å². The molecule has 4 amide bonds. The first kappa shape index (κ1) is 20.2. The van der Waals surface area contributed by atoms with Crippen molar-refractivity contribution in [1.29, 1.82) is 0 Å². The van der Waals surface area contributed by atoms with Crippen molar-refractivity contribution in [3.8, 4) is 5.75 Å². The molecule has 1 aliphatic rings. The molecular formula is C18H27ClN4O3. The zero-order valence-electron chi connectivity index (χ0n) is 15.4. The first-order valence-electron chi connectivity index (χ1n) is 8.83. The van der Waals surface area contributed by atoms with Crippen LogP contribution in [0.5, 0.6) is 5.75 Å². The summed E-state index contributed by atoms with van der Waals surface area (Å²) in [6, 6.07) is 2.26. The van der Waals surface area contributed by atoms with Crippen LogP contribution in [0, 0.1) is 0 Å². The van der Waals surface area contributed by atoms with E-state index < -0.39 is 11.6 Å². The number of phenols is 1. The number of hydrogen-bond acceptors (Lipinski definition) is 3. The van der Waals surface area contributed by atoms with Gasteiger partial charge in [0.2, 0.25) is 0 Å². The number of hydrogen-bond donors (Lipinski definition) is 5. The molecule has 5 N–H and O–H groups in total. The first-order chi connectivity index (χ1) is 12.1. The van der Waals surface area contributed by atoms with Crippen molar-refractivity contribution in [1.82, 2.24) is 10.6 Å². The standard InChI is InChI=1S/C18H27ClN4O3/c1-18(2,3)23-17(26)22-14-10-12(9-13(19)15(14)24)21-16(25)20-11-7-5-4-6-8-11/h9-11,24H,4-8H2,1-3H3,(H2,20,21,25)(H2,22,23,26). The van der Waals surface area contributed by atoms with Gasteiger partial charge in [-0.3, -0.25) is 0 Å². The fourth-order valence-corrected chi connectivity index (χ4v) is 3.08. The zero-order valence-corrected chi connectivity index (χ0v) is 16.2. The smallest absolute Gasteiger partial charge is 0.319 e. The molecule has 0 unspecified atom stereocenters. The van der Waals surface area contributed by atoms with Gasteiger partial charge in [-0.05, 0) is 45.7 Å². The molecular weight excluding hydrogens is 356 g/mol. The second-order valence-electron chi connectivity index (χ2n) is 7.62. The van der Waals surface area contributed by atoms with Gasteiger partial charge in [-0.2, -0.15) is 0 Å². The highest BCUT2D eigenvalue weighted by atomic mass is 35.5. The highest BCUT2D eigenvalue weighted by molar-refractivity contribution is 6.33. The topological polar surface area (TPSA) is 102 Å². The van der Waals surface area contributed by atoms with Gasteiger partial charge in [-0.15, -0.1) is 0 Å². The van der Waals surface area contributed by atoms with Crippen LogP contribution in [-0.4, -0.2) is 28.7 Å². The Morgan fingerprint density at radius 3 is 2.35 bits per heavy atom. The third-order valence-electron chi connectivity index (χ3n) is 4.00. The number of urea groups is 2. The number of benzene rings is 1. The fraction of sp³-hybridized carbons (Fsp3) is 0.556. The van der Waals surface area contributed by atoms with E-state index >= 15 is 0 Å². The van der Waals surface area contributed by atoms with Crippen molar-refractivity contribution >= 4 is 35.0 Å². The number of halogens is 1. The average molecular weight is 383 g/mol. The van der Waals surface area contributed by atoms with Crippen molar-refractivity contribution in [3.63, 3.8) is 0 Å². The van der Waals surface area contributed by atoms with Gasteiger partial charge in [-0.1, -0.05) is 30.9 Å². The van der Waals surface area contributed by atoms with Crippen LogP contribution in [0.3, 0.4) is 0 Å². The summed E-state index contributed by atoms with van der Waals surface area (Å²) in [6.45, 7) is 5.52. The maximum atomic E-state index is 12.2. The number of rotatable bonds is 3. The van der Waals surface area contributed by atoms with E-state index in [1.165, 1.54) is 18.6 Å². The minimum absolute atomic E-state index is 0.0338. The Morgan fingerprint density at radius 2 is 1.73 bits per heavy atom. The van der Waals surface area contributed by atoms with E-state index in [9.17, 15) is 14.7 Å². The summed E-state index contributed by atoms with van der Waals surface area (Å²) in [5.41, 5.74) is 0.0681. The Bertz CT molecular complexity index is 667. The number of nitrogens with one attached hydrogen (secondary N) is 4. The first-order valence-corrected chi connectivity index (χ1v) is 9.21. The third-order valence-corrected chi connectivity index (χ3v) is 4.29. The van der Waals surface area contributed by atoms with Crippen LogP contribution in [-0.2, 0) is 0 Å². The summed E-state index contributed by atoms with van der Waals surface area (Å²) in [4.78, 5) is 24.2. The van der Waals surface area contributed by atoms with Gasteiger partial charge in [0.15, 0.2) is 5.75 Å². The second kappa shape index (κ2) is 8.49. The lowest BCUT2D eigenvalue weighted by atomic mass is 9.96. The predicted octanol–water partition coefficient (Wildman–Crippen LogP) is 4.42. The summed E-state index contributed by atoms with van der Waals surface area (Å²) in [7, 11) is 0. The molecule has 2 rings (SSSR count). The number of phenolic OH excluding ortho intramolecular Hbond substituents is 1. The minimum atomic E-state index is -0.479. The largest absolute Gasteiger partial charge is 0.504 e. The molecule has 0 heterocycles. The molecule has 0 aromatic heterocycles. The third kappa shape index (κ3) is 6.29. The molecule has 7 nitrogen and oxygen atoms in total. The fourth-order valence-electron chi connectivity index (χ4n) is 2.86. The molecule has 8 heteroatoms. The highest BCUT2D eigenvalue weighted by Crippen LogP contribution is 2.35. The molecule has 0 aliphatic heterocycles. The van der Waals surface area contributed by atoms with Crippen molar-refractivity contribution in [2.24, 2.45) is 0 Å². The number of carbonyl (C=O) groups excluding carboxylic acids is 2. The second-order valence-corrected chi connectivity index (χ2v) is 8.02. The highest BCUT2D eigenvalue weighted by Gasteiger charge is 2.18. The van der Waals surface area contributed by atoms with E-state index in [0.717, 1.165) is 25.7 Å². The van der Waals surface area contributed by atoms with Crippen LogP contribution in [0.15, 0.2) is 12.1 Å². The Balaban J connectivity index is 2.03. The van der Waals surface area contributed by atoms with Crippen LogP contribution in [0.25, 0.3) is 0 Å². The summed E-state index contributed by atoms with van der Waals surface area (Å²) >= 11 is 6.02. The van der Waals surface area contributed by atoms with Crippen LogP contribution in [0.2, 0.25) is 5.02 Å². The number of aromatic hydroxyl groups is 1. The van der Waals surface area contributed by atoms with Crippen molar-refractivity contribution in [2.45, 2.75) is 64.5 Å². The van der Waals surface area contributed by atoms with E-state index in [-0.39, 0.29) is 28.5 Å². The molecule has 0 radical (unpaired) electrons. The molecule has 144 valence electrons. The van der Waals surface area contributed by atoms with E-state index in [1.54, 1.807) is 0 Å². The van der Waals surface area contributed by atoms with Crippen LogP contribution in [0.1, 0.15) is 52.9 Å². The number of anilines is 2. The number of carbonyl (C=O) groups is 2.